The van der Waals surface area contributed by atoms with Crippen molar-refractivity contribution in [1.29, 1.82) is 0 Å². The van der Waals surface area contributed by atoms with E-state index in [2.05, 4.69) is 37.3 Å². The summed E-state index contributed by atoms with van der Waals surface area (Å²) >= 11 is 0. The third kappa shape index (κ3) is 6.58. The van der Waals surface area contributed by atoms with E-state index < -0.39 is 6.10 Å². The Kier molecular flexibility index (Phi) is 8.43. The predicted octanol–water partition coefficient (Wildman–Crippen LogP) is 4.97. The van der Waals surface area contributed by atoms with Gasteiger partial charge in [0.2, 0.25) is 5.91 Å². The number of hydrogen-bond donors (Lipinski definition) is 2. The van der Waals surface area contributed by atoms with Crippen LogP contribution in [0.2, 0.25) is 0 Å². The molecule has 1 heterocycles. The predicted molar refractivity (Wildman–Crippen MR) is 133 cm³/mol. The monoisotopic (exact) mass is 451 g/mol. The number of allylic oxidation sites excluding steroid dienone is 2. The van der Waals surface area contributed by atoms with Crippen molar-refractivity contribution in [3.8, 4) is 0 Å². The summed E-state index contributed by atoms with van der Waals surface area (Å²) in [7, 11) is 0. The van der Waals surface area contributed by atoms with Crippen LogP contribution in [0.5, 0.6) is 0 Å². The molecule has 0 bridgehead atoms. The maximum absolute atomic E-state index is 12.2. The molecule has 180 valence electrons. The summed E-state index contributed by atoms with van der Waals surface area (Å²) in [6.45, 7) is 3.98. The SMILES string of the molecule is Cc1cccc(C[C@@H](O)C=C[C@@H]2[C@H]3CC(CCCCCC(=O)N4CCCC4)=C[C@H]3C[C@H]2O)c1. The lowest BCUT2D eigenvalue weighted by Crippen LogP contribution is -2.27. The zero-order valence-corrected chi connectivity index (χ0v) is 20.2. The van der Waals surface area contributed by atoms with E-state index in [1.54, 1.807) is 0 Å². The summed E-state index contributed by atoms with van der Waals surface area (Å²) in [6.07, 6.45) is 15.5. The van der Waals surface area contributed by atoms with Crippen molar-refractivity contribution in [2.24, 2.45) is 17.8 Å². The number of fused-ring (bicyclic) bond motifs is 1. The number of rotatable bonds is 10. The van der Waals surface area contributed by atoms with Gasteiger partial charge in [0.05, 0.1) is 12.2 Å². The third-order valence-corrected chi connectivity index (χ3v) is 7.88. The number of amides is 1. The molecule has 1 saturated heterocycles. The van der Waals surface area contributed by atoms with Crippen molar-refractivity contribution in [2.45, 2.75) is 83.3 Å². The first-order valence-corrected chi connectivity index (χ1v) is 13.1. The van der Waals surface area contributed by atoms with Gasteiger partial charge in [0.1, 0.15) is 0 Å². The van der Waals surface area contributed by atoms with Gasteiger partial charge in [0.15, 0.2) is 0 Å². The number of aliphatic hydroxyl groups is 2. The second kappa shape index (κ2) is 11.5. The zero-order valence-electron chi connectivity index (χ0n) is 20.2. The van der Waals surface area contributed by atoms with Gasteiger partial charge >= 0.3 is 0 Å². The van der Waals surface area contributed by atoms with Crippen molar-refractivity contribution in [3.05, 3.63) is 59.2 Å². The van der Waals surface area contributed by atoms with Gasteiger partial charge in [-0.3, -0.25) is 4.79 Å². The van der Waals surface area contributed by atoms with Crippen LogP contribution in [0.1, 0.15) is 68.9 Å². The van der Waals surface area contributed by atoms with E-state index in [4.69, 9.17) is 0 Å². The van der Waals surface area contributed by atoms with E-state index >= 15 is 0 Å². The number of nitrogens with zero attached hydrogens (tertiary/aromatic N) is 1. The Bertz CT molecular complexity index is 854. The Morgan fingerprint density at radius 2 is 2.03 bits per heavy atom. The fourth-order valence-electron chi connectivity index (χ4n) is 6.13. The maximum Gasteiger partial charge on any atom is 0.222 e. The minimum Gasteiger partial charge on any atom is -0.392 e. The highest BCUT2D eigenvalue weighted by atomic mass is 16.3. The Morgan fingerprint density at radius 3 is 2.82 bits per heavy atom. The lowest BCUT2D eigenvalue weighted by atomic mass is 9.88. The average Bonchev–Trinajstić information content (AvgIpc) is 3.49. The number of benzene rings is 1. The molecule has 33 heavy (non-hydrogen) atoms. The number of aliphatic hydroxyl groups excluding tert-OH is 2. The van der Waals surface area contributed by atoms with Gasteiger partial charge in [-0.1, -0.05) is 60.1 Å². The van der Waals surface area contributed by atoms with Crippen LogP contribution >= 0.6 is 0 Å². The molecule has 2 aliphatic carbocycles. The normalized spacial score (nSPS) is 27.8. The highest BCUT2D eigenvalue weighted by Crippen LogP contribution is 2.48. The highest BCUT2D eigenvalue weighted by Gasteiger charge is 2.43. The number of carbonyl (C=O) groups excluding carboxylic acids is 1. The smallest absolute Gasteiger partial charge is 0.222 e. The summed E-state index contributed by atoms with van der Waals surface area (Å²) in [5.74, 6) is 1.41. The van der Waals surface area contributed by atoms with Gasteiger partial charge < -0.3 is 15.1 Å². The Balaban J connectivity index is 1.18. The Labute approximate surface area is 199 Å². The van der Waals surface area contributed by atoms with Gasteiger partial charge in [0.25, 0.3) is 0 Å². The van der Waals surface area contributed by atoms with E-state index in [9.17, 15) is 15.0 Å². The summed E-state index contributed by atoms with van der Waals surface area (Å²) in [5.41, 5.74) is 3.88. The van der Waals surface area contributed by atoms with E-state index in [-0.39, 0.29) is 12.0 Å². The van der Waals surface area contributed by atoms with Crippen LogP contribution in [0.4, 0.5) is 0 Å². The number of hydrogen-bond acceptors (Lipinski definition) is 3. The summed E-state index contributed by atoms with van der Waals surface area (Å²) in [4.78, 5) is 14.2. The van der Waals surface area contributed by atoms with Crippen molar-refractivity contribution < 1.29 is 15.0 Å². The molecule has 0 unspecified atom stereocenters. The van der Waals surface area contributed by atoms with Crippen LogP contribution in [0.3, 0.4) is 0 Å². The number of carbonyl (C=O) groups is 1. The quantitative estimate of drug-likeness (QED) is 0.390. The molecule has 0 spiro atoms. The lowest BCUT2D eigenvalue weighted by molar-refractivity contribution is -0.130. The minimum atomic E-state index is -0.518. The molecule has 4 heteroatoms. The van der Waals surface area contributed by atoms with E-state index in [1.165, 1.54) is 24.0 Å². The van der Waals surface area contributed by atoms with Crippen LogP contribution in [0.15, 0.2) is 48.1 Å². The summed E-state index contributed by atoms with van der Waals surface area (Å²) in [5, 5.41) is 21.1. The molecule has 4 rings (SSSR count). The van der Waals surface area contributed by atoms with Crippen molar-refractivity contribution in [1.82, 2.24) is 4.90 Å². The molecule has 1 aromatic rings. The van der Waals surface area contributed by atoms with Crippen molar-refractivity contribution >= 4 is 5.91 Å². The molecule has 2 fully saturated rings. The van der Waals surface area contributed by atoms with Gasteiger partial charge in [-0.2, -0.15) is 0 Å². The molecule has 0 radical (unpaired) electrons. The maximum atomic E-state index is 12.2. The average molecular weight is 452 g/mol. The number of unbranched alkanes of at least 4 members (excludes halogenated alkanes) is 2. The second-order valence-electron chi connectivity index (χ2n) is 10.5. The molecule has 2 N–H and O–H groups in total. The molecular formula is C29H41NO3. The summed E-state index contributed by atoms with van der Waals surface area (Å²) < 4.78 is 0. The van der Waals surface area contributed by atoms with Crippen LogP contribution < -0.4 is 0 Å². The van der Waals surface area contributed by atoms with Crippen LogP contribution in [0.25, 0.3) is 0 Å². The Hall–Kier alpha value is -1.91. The van der Waals surface area contributed by atoms with Crippen LogP contribution in [-0.2, 0) is 11.2 Å². The van der Waals surface area contributed by atoms with Gasteiger partial charge in [-0.15, -0.1) is 0 Å². The van der Waals surface area contributed by atoms with Crippen LogP contribution in [0, 0.1) is 24.7 Å². The largest absolute Gasteiger partial charge is 0.392 e. The van der Waals surface area contributed by atoms with E-state index in [1.807, 2.05) is 17.0 Å². The molecule has 1 amide bonds. The van der Waals surface area contributed by atoms with Crippen molar-refractivity contribution in [2.75, 3.05) is 13.1 Å². The first-order chi connectivity index (χ1) is 16.0. The second-order valence-corrected chi connectivity index (χ2v) is 10.5. The zero-order chi connectivity index (χ0) is 23.2. The topological polar surface area (TPSA) is 60.8 Å². The highest BCUT2D eigenvalue weighted by molar-refractivity contribution is 5.76. The molecule has 4 nitrogen and oxygen atoms in total. The number of aryl methyl sites for hydroxylation is 1. The van der Waals surface area contributed by atoms with E-state index in [0.29, 0.717) is 30.6 Å². The molecule has 1 aliphatic heterocycles. The fraction of sp³-hybridized carbons (Fsp3) is 0.621. The van der Waals surface area contributed by atoms with E-state index in [0.717, 1.165) is 57.2 Å². The van der Waals surface area contributed by atoms with Crippen molar-refractivity contribution in [3.63, 3.8) is 0 Å². The van der Waals surface area contributed by atoms with Gasteiger partial charge in [0, 0.05) is 31.8 Å². The first kappa shape index (κ1) is 24.2. The fourth-order valence-corrected chi connectivity index (χ4v) is 6.13. The number of likely N-dealkylation sites (tertiary alicyclic amines) is 1. The lowest BCUT2D eigenvalue weighted by Gasteiger charge is -2.19. The molecule has 0 aromatic heterocycles. The standard InChI is InChI=1S/C29H41NO3/c1-21-8-7-10-22(16-21)18-25(31)12-13-26-27-19-23(17-24(27)20-28(26)32)9-3-2-4-11-29(33)30-14-5-6-15-30/h7-8,10,12-13,16-17,24-28,31-32H,2-6,9,11,14-15,18-20H2,1H3/t24-,25-,26+,27-,28+/m0/s1. The third-order valence-electron chi connectivity index (χ3n) is 7.88. The molecule has 3 aliphatic rings. The molecule has 1 aromatic carbocycles. The molecular weight excluding hydrogens is 410 g/mol. The van der Waals surface area contributed by atoms with Gasteiger partial charge in [-0.05, 0) is 69.3 Å². The summed E-state index contributed by atoms with van der Waals surface area (Å²) in [6, 6.07) is 8.27. The molecule has 1 saturated carbocycles. The first-order valence-electron chi connectivity index (χ1n) is 13.1. The Morgan fingerprint density at radius 1 is 1.21 bits per heavy atom. The minimum absolute atomic E-state index is 0.133. The van der Waals surface area contributed by atoms with Crippen LogP contribution in [-0.4, -0.2) is 46.3 Å². The van der Waals surface area contributed by atoms with Gasteiger partial charge in [-0.25, -0.2) is 0 Å². The molecule has 5 atom stereocenters.